The lowest BCUT2D eigenvalue weighted by Gasteiger charge is -2.25. The molecule has 1 unspecified atom stereocenters. The first kappa shape index (κ1) is 14.6. The fraction of sp³-hybridized carbons (Fsp3) is 0.176. The molecule has 2 amide bonds. The van der Waals surface area contributed by atoms with Gasteiger partial charge in [-0.25, -0.2) is 0 Å². The van der Waals surface area contributed by atoms with E-state index in [2.05, 4.69) is 10.6 Å². The minimum atomic E-state index is -0.572. The van der Waals surface area contributed by atoms with Crippen LogP contribution in [0.1, 0.15) is 21.5 Å². The zero-order valence-electron chi connectivity index (χ0n) is 12.0. The summed E-state index contributed by atoms with van der Waals surface area (Å²) in [5, 5.41) is 6.21. The summed E-state index contributed by atoms with van der Waals surface area (Å²) in [6, 6.07) is 12.0. The summed E-state index contributed by atoms with van der Waals surface area (Å²) >= 11 is 5.91. The molecule has 2 aromatic carbocycles. The van der Waals surface area contributed by atoms with Crippen LogP contribution in [0.25, 0.3) is 0 Å². The minimum Gasteiger partial charge on any atom is -0.340 e. The Morgan fingerprint density at radius 3 is 2.82 bits per heavy atom. The van der Waals surface area contributed by atoms with Gasteiger partial charge >= 0.3 is 0 Å². The van der Waals surface area contributed by atoms with Crippen molar-refractivity contribution in [2.24, 2.45) is 0 Å². The van der Waals surface area contributed by atoms with Gasteiger partial charge in [0.2, 0.25) is 5.91 Å². The predicted molar refractivity (Wildman–Crippen MR) is 86.2 cm³/mol. The Balaban J connectivity index is 1.78. The number of hydrogen-bond acceptors (Lipinski definition) is 2. The minimum absolute atomic E-state index is 0.213. The number of anilines is 1. The van der Waals surface area contributed by atoms with E-state index in [9.17, 15) is 9.59 Å². The zero-order valence-corrected chi connectivity index (χ0v) is 12.8. The number of hydrogen-bond donors (Lipinski definition) is 2. The second kappa shape index (κ2) is 5.81. The molecular formula is C17H15ClN2O2. The highest BCUT2D eigenvalue weighted by molar-refractivity contribution is 6.30. The Morgan fingerprint density at radius 1 is 1.27 bits per heavy atom. The topological polar surface area (TPSA) is 58.2 Å². The molecule has 22 heavy (non-hydrogen) atoms. The largest absolute Gasteiger partial charge is 0.340 e. The van der Waals surface area contributed by atoms with E-state index in [4.69, 9.17) is 11.6 Å². The molecule has 4 nitrogen and oxygen atoms in total. The Morgan fingerprint density at radius 2 is 2.05 bits per heavy atom. The molecule has 0 radical (unpaired) electrons. The molecule has 0 fully saturated rings. The predicted octanol–water partition coefficient (Wildman–Crippen LogP) is 2.94. The van der Waals surface area contributed by atoms with Crippen LogP contribution in [0.2, 0.25) is 5.02 Å². The molecule has 1 atom stereocenters. The zero-order chi connectivity index (χ0) is 15.7. The summed E-state index contributed by atoms with van der Waals surface area (Å²) in [6.07, 6.45) is 0.486. The van der Waals surface area contributed by atoms with Gasteiger partial charge in [-0.15, -0.1) is 0 Å². The van der Waals surface area contributed by atoms with Crippen LogP contribution >= 0.6 is 11.6 Å². The summed E-state index contributed by atoms with van der Waals surface area (Å²) in [4.78, 5) is 24.5. The van der Waals surface area contributed by atoms with Gasteiger partial charge in [0, 0.05) is 22.7 Å². The molecule has 0 aromatic heterocycles. The van der Waals surface area contributed by atoms with Crippen LogP contribution in [0.5, 0.6) is 0 Å². The molecular weight excluding hydrogens is 300 g/mol. The van der Waals surface area contributed by atoms with E-state index in [1.54, 1.807) is 24.3 Å². The average Bonchev–Trinajstić information content (AvgIpc) is 2.50. The Bertz CT molecular complexity index is 758. The summed E-state index contributed by atoms with van der Waals surface area (Å²) < 4.78 is 0. The molecule has 0 saturated carbocycles. The van der Waals surface area contributed by atoms with Gasteiger partial charge in [-0.3, -0.25) is 9.59 Å². The molecule has 1 aliphatic heterocycles. The van der Waals surface area contributed by atoms with Crippen LogP contribution in [-0.2, 0) is 11.2 Å². The first-order chi connectivity index (χ1) is 10.5. The maximum Gasteiger partial charge on any atom is 0.252 e. The van der Waals surface area contributed by atoms with Crippen molar-refractivity contribution in [3.8, 4) is 0 Å². The molecule has 112 valence electrons. The fourth-order valence-electron chi connectivity index (χ4n) is 2.57. The molecule has 0 aliphatic carbocycles. The average molecular weight is 315 g/mol. The third-order valence-electron chi connectivity index (χ3n) is 3.75. The van der Waals surface area contributed by atoms with Gasteiger partial charge in [-0.1, -0.05) is 29.8 Å². The fourth-order valence-corrected chi connectivity index (χ4v) is 2.80. The van der Waals surface area contributed by atoms with Gasteiger partial charge in [-0.05, 0) is 42.3 Å². The Hall–Kier alpha value is -2.33. The van der Waals surface area contributed by atoms with Gasteiger partial charge in [0.05, 0.1) is 0 Å². The lowest BCUT2D eigenvalue weighted by atomic mass is 9.95. The number of benzene rings is 2. The van der Waals surface area contributed by atoms with Crippen LogP contribution in [0, 0.1) is 6.92 Å². The molecule has 0 saturated heterocycles. The summed E-state index contributed by atoms with van der Waals surface area (Å²) in [5.41, 5.74) is 3.10. The van der Waals surface area contributed by atoms with Gasteiger partial charge < -0.3 is 10.6 Å². The van der Waals surface area contributed by atoms with Crippen molar-refractivity contribution < 1.29 is 9.59 Å². The lowest BCUT2D eigenvalue weighted by molar-refractivity contribution is -0.118. The van der Waals surface area contributed by atoms with E-state index in [-0.39, 0.29) is 11.8 Å². The highest BCUT2D eigenvalue weighted by atomic mass is 35.5. The standard InChI is InChI=1S/C17H15ClN2O2/c1-10-8-12(18)6-7-14(10)19-17(22)15-9-11-4-2-3-5-13(11)16(21)20-15/h2-8,15H,9H2,1H3,(H,19,22)(H,20,21). The number of rotatable bonds is 2. The van der Waals surface area contributed by atoms with E-state index in [1.165, 1.54) is 0 Å². The molecule has 2 aromatic rings. The molecule has 0 spiro atoms. The van der Waals surface area contributed by atoms with E-state index in [1.807, 2.05) is 25.1 Å². The second-order valence-corrected chi connectivity index (χ2v) is 5.77. The number of aryl methyl sites for hydroxylation is 1. The first-order valence-corrected chi connectivity index (χ1v) is 7.38. The maximum absolute atomic E-state index is 12.4. The van der Waals surface area contributed by atoms with Crippen LogP contribution in [0.3, 0.4) is 0 Å². The maximum atomic E-state index is 12.4. The third-order valence-corrected chi connectivity index (χ3v) is 3.99. The van der Waals surface area contributed by atoms with Crippen molar-refractivity contribution >= 4 is 29.1 Å². The second-order valence-electron chi connectivity index (χ2n) is 5.34. The number of halogens is 1. The van der Waals surface area contributed by atoms with Crippen molar-refractivity contribution in [2.45, 2.75) is 19.4 Å². The normalized spacial score (nSPS) is 16.6. The van der Waals surface area contributed by atoms with Gasteiger partial charge in [-0.2, -0.15) is 0 Å². The summed E-state index contributed by atoms with van der Waals surface area (Å²) in [6.45, 7) is 1.87. The number of fused-ring (bicyclic) bond motifs is 1. The van der Waals surface area contributed by atoms with Crippen LogP contribution in [-0.4, -0.2) is 17.9 Å². The van der Waals surface area contributed by atoms with Crippen LogP contribution < -0.4 is 10.6 Å². The van der Waals surface area contributed by atoms with Crippen LogP contribution in [0.4, 0.5) is 5.69 Å². The van der Waals surface area contributed by atoms with E-state index >= 15 is 0 Å². The molecule has 2 N–H and O–H groups in total. The van der Waals surface area contributed by atoms with Gasteiger partial charge in [0.25, 0.3) is 5.91 Å². The van der Waals surface area contributed by atoms with Gasteiger partial charge in [0.1, 0.15) is 6.04 Å². The number of amides is 2. The van der Waals surface area contributed by atoms with Crippen molar-refractivity contribution in [3.63, 3.8) is 0 Å². The highest BCUT2D eigenvalue weighted by Gasteiger charge is 2.28. The van der Waals surface area contributed by atoms with Crippen molar-refractivity contribution in [1.82, 2.24) is 5.32 Å². The van der Waals surface area contributed by atoms with Crippen LogP contribution in [0.15, 0.2) is 42.5 Å². The SMILES string of the molecule is Cc1cc(Cl)ccc1NC(=O)C1Cc2ccccc2C(=O)N1. The molecule has 0 bridgehead atoms. The smallest absolute Gasteiger partial charge is 0.252 e. The summed E-state index contributed by atoms with van der Waals surface area (Å²) in [7, 11) is 0. The van der Waals surface area contributed by atoms with Crippen molar-refractivity contribution in [2.75, 3.05) is 5.32 Å². The van der Waals surface area contributed by atoms with Crippen molar-refractivity contribution in [1.29, 1.82) is 0 Å². The van der Waals surface area contributed by atoms with Gasteiger partial charge in [0.15, 0.2) is 0 Å². The quantitative estimate of drug-likeness (QED) is 0.895. The first-order valence-electron chi connectivity index (χ1n) is 7.00. The molecule has 3 rings (SSSR count). The Labute approximate surface area is 133 Å². The number of nitrogens with one attached hydrogen (secondary N) is 2. The molecule has 1 aliphatic rings. The van der Waals surface area contributed by atoms with E-state index < -0.39 is 6.04 Å². The lowest BCUT2D eigenvalue weighted by Crippen LogP contribution is -2.48. The van der Waals surface area contributed by atoms with Crippen molar-refractivity contribution in [3.05, 3.63) is 64.2 Å². The molecule has 1 heterocycles. The van der Waals surface area contributed by atoms with E-state index in [0.717, 1.165) is 11.1 Å². The highest BCUT2D eigenvalue weighted by Crippen LogP contribution is 2.21. The Kier molecular flexibility index (Phi) is 3.86. The summed E-state index contributed by atoms with van der Waals surface area (Å²) in [5.74, 6) is -0.442. The number of carbonyl (C=O) groups is 2. The third kappa shape index (κ3) is 2.83. The number of carbonyl (C=O) groups excluding carboxylic acids is 2. The molecule has 5 heteroatoms. The van der Waals surface area contributed by atoms with E-state index in [0.29, 0.717) is 22.7 Å². The monoisotopic (exact) mass is 314 g/mol.